The minimum atomic E-state index is 0. The molecule has 0 aromatic rings. The molecule has 2 heterocycles. The Bertz CT molecular complexity index is 159. The van der Waals surface area contributed by atoms with Crippen LogP contribution >= 0.6 is 12.4 Å². The predicted molar refractivity (Wildman–Crippen MR) is 62.2 cm³/mol. The summed E-state index contributed by atoms with van der Waals surface area (Å²) in [5.74, 6) is 0. The summed E-state index contributed by atoms with van der Waals surface area (Å²) in [5.41, 5.74) is 0. The standard InChI is InChI=1S/C10H21N3.ClH/c1-2-3-9-8-13(5-4-12-9)10-6-11-7-10;/h9-12H,2-8H2,1H3;1H. The van der Waals surface area contributed by atoms with Crippen molar-refractivity contribution in [2.24, 2.45) is 0 Å². The van der Waals surface area contributed by atoms with E-state index in [1.807, 2.05) is 0 Å². The van der Waals surface area contributed by atoms with Crippen LogP contribution in [-0.2, 0) is 0 Å². The molecule has 3 nitrogen and oxygen atoms in total. The van der Waals surface area contributed by atoms with E-state index in [1.165, 1.54) is 45.6 Å². The minimum Gasteiger partial charge on any atom is -0.314 e. The van der Waals surface area contributed by atoms with E-state index in [9.17, 15) is 0 Å². The minimum absolute atomic E-state index is 0. The summed E-state index contributed by atoms with van der Waals surface area (Å²) in [4.78, 5) is 2.65. The van der Waals surface area contributed by atoms with Gasteiger partial charge in [-0.05, 0) is 6.42 Å². The Morgan fingerprint density at radius 3 is 2.71 bits per heavy atom. The second-order valence-electron chi connectivity index (χ2n) is 4.25. The van der Waals surface area contributed by atoms with Crippen LogP contribution in [0.3, 0.4) is 0 Å². The molecular weight excluding hydrogens is 198 g/mol. The van der Waals surface area contributed by atoms with Crippen LogP contribution in [0.2, 0.25) is 0 Å². The average Bonchev–Trinajstić information content (AvgIpc) is 2.02. The zero-order chi connectivity index (χ0) is 9.10. The smallest absolute Gasteiger partial charge is 0.0346 e. The summed E-state index contributed by atoms with van der Waals surface area (Å²) < 4.78 is 0. The van der Waals surface area contributed by atoms with Crippen molar-refractivity contribution in [3.8, 4) is 0 Å². The second-order valence-corrected chi connectivity index (χ2v) is 4.25. The molecule has 14 heavy (non-hydrogen) atoms. The van der Waals surface area contributed by atoms with Crippen molar-refractivity contribution in [1.29, 1.82) is 0 Å². The van der Waals surface area contributed by atoms with Gasteiger partial charge in [-0.1, -0.05) is 13.3 Å². The monoisotopic (exact) mass is 219 g/mol. The van der Waals surface area contributed by atoms with Crippen molar-refractivity contribution in [2.75, 3.05) is 32.7 Å². The van der Waals surface area contributed by atoms with Gasteiger partial charge in [0.25, 0.3) is 0 Å². The van der Waals surface area contributed by atoms with Crippen LogP contribution in [0.15, 0.2) is 0 Å². The lowest BCUT2D eigenvalue weighted by molar-refractivity contribution is 0.104. The van der Waals surface area contributed by atoms with E-state index in [0.717, 1.165) is 12.1 Å². The average molecular weight is 220 g/mol. The molecule has 0 radical (unpaired) electrons. The molecule has 0 saturated carbocycles. The second kappa shape index (κ2) is 5.91. The van der Waals surface area contributed by atoms with Crippen LogP contribution in [0.4, 0.5) is 0 Å². The molecule has 4 heteroatoms. The normalized spacial score (nSPS) is 29.4. The zero-order valence-electron chi connectivity index (χ0n) is 8.96. The fourth-order valence-electron chi connectivity index (χ4n) is 2.26. The van der Waals surface area contributed by atoms with Crippen LogP contribution in [0.5, 0.6) is 0 Å². The van der Waals surface area contributed by atoms with E-state index in [1.54, 1.807) is 0 Å². The van der Waals surface area contributed by atoms with E-state index in [2.05, 4.69) is 22.5 Å². The number of piperazine rings is 1. The van der Waals surface area contributed by atoms with Gasteiger partial charge in [0.2, 0.25) is 0 Å². The van der Waals surface area contributed by atoms with Gasteiger partial charge in [-0.25, -0.2) is 0 Å². The first-order chi connectivity index (χ1) is 6.40. The number of nitrogens with one attached hydrogen (secondary N) is 2. The molecule has 0 bridgehead atoms. The highest BCUT2D eigenvalue weighted by Crippen LogP contribution is 2.10. The number of hydrogen-bond donors (Lipinski definition) is 2. The van der Waals surface area contributed by atoms with Gasteiger partial charge in [-0.2, -0.15) is 0 Å². The Hall–Kier alpha value is 0.170. The summed E-state index contributed by atoms with van der Waals surface area (Å²) in [6.45, 7) is 8.37. The molecule has 2 rings (SSSR count). The summed E-state index contributed by atoms with van der Waals surface area (Å²) >= 11 is 0. The molecule has 0 aliphatic carbocycles. The SMILES string of the molecule is CCCC1CN(C2CNC2)CCN1.Cl. The van der Waals surface area contributed by atoms with Crippen LogP contribution in [-0.4, -0.2) is 49.7 Å². The van der Waals surface area contributed by atoms with E-state index in [0.29, 0.717) is 0 Å². The van der Waals surface area contributed by atoms with Crippen molar-refractivity contribution in [2.45, 2.75) is 31.8 Å². The Kier molecular flexibility index (Phi) is 5.17. The molecular formula is C10H22ClN3. The molecule has 0 aromatic carbocycles. The molecule has 2 fully saturated rings. The highest BCUT2D eigenvalue weighted by atomic mass is 35.5. The fraction of sp³-hybridized carbons (Fsp3) is 1.00. The van der Waals surface area contributed by atoms with Gasteiger partial charge in [-0.15, -0.1) is 12.4 Å². The third-order valence-electron chi connectivity index (χ3n) is 3.20. The highest BCUT2D eigenvalue weighted by Gasteiger charge is 2.28. The number of nitrogens with zero attached hydrogens (tertiary/aromatic N) is 1. The van der Waals surface area contributed by atoms with E-state index in [4.69, 9.17) is 0 Å². The van der Waals surface area contributed by atoms with Crippen molar-refractivity contribution in [3.05, 3.63) is 0 Å². The van der Waals surface area contributed by atoms with E-state index in [-0.39, 0.29) is 12.4 Å². The molecule has 84 valence electrons. The molecule has 1 unspecified atom stereocenters. The van der Waals surface area contributed by atoms with Crippen LogP contribution in [0, 0.1) is 0 Å². The Morgan fingerprint density at radius 1 is 1.36 bits per heavy atom. The van der Waals surface area contributed by atoms with Gasteiger partial charge < -0.3 is 10.6 Å². The van der Waals surface area contributed by atoms with Crippen molar-refractivity contribution in [3.63, 3.8) is 0 Å². The maximum Gasteiger partial charge on any atom is 0.0346 e. The van der Waals surface area contributed by atoms with E-state index < -0.39 is 0 Å². The first-order valence-electron chi connectivity index (χ1n) is 5.58. The van der Waals surface area contributed by atoms with Gasteiger partial charge in [0.05, 0.1) is 0 Å². The van der Waals surface area contributed by atoms with Gasteiger partial charge in [-0.3, -0.25) is 4.90 Å². The zero-order valence-corrected chi connectivity index (χ0v) is 9.78. The molecule has 0 spiro atoms. The summed E-state index contributed by atoms with van der Waals surface area (Å²) in [6.07, 6.45) is 2.63. The maximum atomic E-state index is 3.59. The van der Waals surface area contributed by atoms with Crippen molar-refractivity contribution in [1.82, 2.24) is 15.5 Å². The first-order valence-corrected chi connectivity index (χ1v) is 5.58. The molecule has 1 atom stereocenters. The first kappa shape index (κ1) is 12.2. The number of halogens is 1. The lowest BCUT2D eigenvalue weighted by Crippen LogP contribution is -2.63. The molecule has 2 aliphatic heterocycles. The van der Waals surface area contributed by atoms with Gasteiger partial charge in [0.1, 0.15) is 0 Å². The third kappa shape index (κ3) is 2.83. The van der Waals surface area contributed by atoms with Gasteiger partial charge in [0.15, 0.2) is 0 Å². The van der Waals surface area contributed by atoms with Crippen molar-refractivity contribution >= 4 is 12.4 Å². The van der Waals surface area contributed by atoms with Gasteiger partial charge >= 0.3 is 0 Å². The lowest BCUT2D eigenvalue weighted by Gasteiger charge is -2.43. The molecule has 2 saturated heterocycles. The Morgan fingerprint density at radius 2 is 2.14 bits per heavy atom. The quantitative estimate of drug-likeness (QED) is 0.722. The molecule has 0 amide bonds. The topological polar surface area (TPSA) is 27.3 Å². The summed E-state index contributed by atoms with van der Waals surface area (Å²) in [7, 11) is 0. The summed E-state index contributed by atoms with van der Waals surface area (Å²) in [5, 5.41) is 6.93. The van der Waals surface area contributed by atoms with Crippen molar-refractivity contribution < 1.29 is 0 Å². The van der Waals surface area contributed by atoms with Gasteiger partial charge in [0, 0.05) is 44.8 Å². The summed E-state index contributed by atoms with van der Waals surface area (Å²) in [6, 6.07) is 1.58. The maximum absolute atomic E-state index is 3.59. The molecule has 0 aromatic heterocycles. The predicted octanol–water partition coefficient (Wildman–Crippen LogP) is 0.454. The molecule has 2 aliphatic rings. The number of rotatable bonds is 3. The Labute approximate surface area is 93.0 Å². The van der Waals surface area contributed by atoms with Crippen LogP contribution in [0.1, 0.15) is 19.8 Å². The largest absolute Gasteiger partial charge is 0.314 e. The third-order valence-corrected chi connectivity index (χ3v) is 3.20. The van der Waals surface area contributed by atoms with Crippen LogP contribution < -0.4 is 10.6 Å². The highest BCUT2D eigenvalue weighted by molar-refractivity contribution is 5.85. The lowest BCUT2D eigenvalue weighted by atomic mass is 10.0. The van der Waals surface area contributed by atoms with E-state index >= 15 is 0 Å². The molecule has 2 N–H and O–H groups in total. The Balaban J connectivity index is 0.000000980. The number of hydrogen-bond acceptors (Lipinski definition) is 3. The fourth-order valence-corrected chi connectivity index (χ4v) is 2.26. The van der Waals surface area contributed by atoms with Crippen LogP contribution in [0.25, 0.3) is 0 Å².